The van der Waals surface area contributed by atoms with Gasteiger partial charge in [-0.25, -0.2) is 4.98 Å². The third-order valence-corrected chi connectivity index (χ3v) is 4.61. The first kappa shape index (κ1) is 12.6. The normalized spacial score (nSPS) is 16.2. The average molecular weight is 273 g/mol. The third-order valence-electron chi connectivity index (χ3n) is 3.73. The number of nitrogens with one attached hydrogen (secondary N) is 1. The van der Waals surface area contributed by atoms with Crippen LogP contribution in [-0.4, -0.2) is 18.6 Å². The van der Waals surface area contributed by atoms with Crippen molar-refractivity contribution in [1.29, 1.82) is 0 Å². The fourth-order valence-electron chi connectivity index (χ4n) is 2.48. The Morgan fingerprint density at radius 2 is 2.21 bits per heavy atom. The van der Waals surface area contributed by atoms with E-state index >= 15 is 0 Å². The summed E-state index contributed by atoms with van der Waals surface area (Å²) in [6, 6.07) is 8.98. The molecule has 2 aromatic rings. The van der Waals surface area contributed by atoms with E-state index in [1.807, 2.05) is 7.05 Å². The van der Waals surface area contributed by atoms with Gasteiger partial charge in [-0.05, 0) is 38.4 Å². The van der Waals surface area contributed by atoms with Crippen LogP contribution in [0.25, 0.3) is 0 Å². The lowest BCUT2D eigenvalue weighted by atomic mass is 10.0. The van der Waals surface area contributed by atoms with Gasteiger partial charge in [0.15, 0.2) is 5.13 Å². The topological polar surface area (TPSA) is 28.2 Å². The maximum absolute atomic E-state index is 4.79. The van der Waals surface area contributed by atoms with Gasteiger partial charge in [0.05, 0.1) is 5.69 Å². The van der Waals surface area contributed by atoms with Crippen molar-refractivity contribution in [1.82, 2.24) is 10.3 Å². The first-order valence-corrected chi connectivity index (χ1v) is 7.65. The predicted molar refractivity (Wildman–Crippen MR) is 81.4 cm³/mol. The van der Waals surface area contributed by atoms with Gasteiger partial charge >= 0.3 is 0 Å². The third kappa shape index (κ3) is 2.38. The quantitative estimate of drug-likeness (QED) is 0.927. The maximum Gasteiger partial charge on any atom is 0.190 e. The number of nitrogens with zero attached hydrogens (tertiary/aromatic N) is 2. The zero-order valence-electron chi connectivity index (χ0n) is 11.4. The average Bonchev–Trinajstić information content (AvgIpc) is 2.95. The number of benzene rings is 1. The molecule has 1 aliphatic rings. The second-order valence-corrected chi connectivity index (χ2v) is 5.79. The molecule has 0 saturated heterocycles. The van der Waals surface area contributed by atoms with E-state index in [1.54, 1.807) is 11.3 Å². The molecule has 1 aliphatic heterocycles. The lowest BCUT2D eigenvalue weighted by molar-refractivity contribution is 0.636. The zero-order chi connectivity index (χ0) is 13.2. The van der Waals surface area contributed by atoms with Crippen molar-refractivity contribution in [3.63, 3.8) is 0 Å². The minimum atomic E-state index is 0.310. The van der Waals surface area contributed by atoms with E-state index in [2.05, 4.69) is 46.8 Å². The van der Waals surface area contributed by atoms with Gasteiger partial charge in [-0.3, -0.25) is 0 Å². The summed E-state index contributed by atoms with van der Waals surface area (Å²) in [5, 5.41) is 6.52. The Balaban J connectivity index is 1.93. The fraction of sp³-hybridized carbons (Fsp3) is 0.400. The smallest absolute Gasteiger partial charge is 0.190 e. The predicted octanol–water partition coefficient (Wildman–Crippen LogP) is 3.51. The number of aromatic nitrogens is 1. The number of para-hydroxylation sites is 1. The van der Waals surface area contributed by atoms with Crippen molar-refractivity contribution in [2.45, 2.75) is 25.8 Å². The van der Waals surface area contributed by atoms with Gasteiger partial charge in [0, 0.05) is 23.7 Å². The van der Waals surface area contributed by atoms with E-state index in [0.717, 1.165) is 17.4 Å². The molecule has 3 nitrogen and oxygen atoms in total. The van der Waals surface area contributed by atoms with Crippen molar-refractivity contribution >= 4 is 22.2 Å². The lowest BCUT2D eigenvalue weighted by Crippen LogP contribution is -2.24. The van der Waals surface area contributed by atoms with Gasteiger partial charge in [-0.2, -0.15) is 0 Å². The largest absolute Gasteiger partial charge is 0.318 e. The highest BCUT2D eigenvalue weighted by atomic mass is 32.1. The summed E-state index contributed by atoms with van der Waals surface area (Å²) in [7, 11) is 1.97. The molecule has 0 spiro atoms. The summed E-state index contributed by atoms with van der Waals surface area (Å²) in [4.78, 5) is 7.14. The van der Waals surface area contributed by atoms with Crippen LogP contribution in [0.15, 0.2) is 29.6 Å². The summed E-state index contributed by atoms with van der Waals surface area (Å²) in [6.45, 7) is 3.21. The highest BCUT2D eigenvalue weighted by molar-refractivity contribution is 7.13. The Kier molecular flexibility index (Phi) is 3.53. The van der Waals surface area contributed by atoms with Crippen molar-refractivity contribution in [2.75, 3.05) is 18.5 Å². The summed E-state index contributed by atoms with van der Waals surface area (Å²) >= 11 is 1.74. The van der Waals surface area contributed by atoms with Gasteiger partial charge in [0.25, 0.3) is 0 Å². The van der Waals surface area contributed by atoms with E-state index < -0.39 is 0 Å². The van der Waals surface area contributed by atoms with E-state index in [-0.39, 0.29) is 0 Å². The fourth-order valence-corrected chi connectivity index (χ4v) is 3.44. The molecule has 0 amide bonds. The molecule has 19 heavy (non-hydrogen) atoms. The van der Waals surface area contributed by atoms with Crippen LogP contribution in [0.2, 0.25) is 0 Å². The standard InChI is InChI=1S/C15H19N3S/c1-11(16-2)13-10-19-15(17-13)18-9-5-7-12-6-3-4-8-14(12)18/h3-4,6,8,10-11,16H,5,7,9H2,1-2H3. The molecule has 1 unspecified atom stereocenters. The van der Waals surface area contributed by atoms with Gasteiger partial charge < -0.3 is 10.2 Å². The van der Waals surface area contributed by atoms with Crippen LogP contribution in [0.3, 0.4) is 0 Å². The first-order chi connectivity index (χ1) is 9.29. The van der Waals surface area contributed by atoms with Crippen LogP contribution in [0.4, 0.5) is 10.8 Å². The van der Waals surface area contributed by atoms with Gasteiger partial charge in [-0.15, -0.1) is 11.3 Å². The summed E-state index contributed by atoms with van der Waals surface area (Å²) in [6.07, 6.45) is 2.38. The van der Waals surface area contributed by atoms with E-state index in [4.69, 9.17) is 4.98 Å². The molecule has 1 aromatic heterocycles. The van der Waals surface area contributed by atoms with Crippen molar-refractivity contribution < 1.29 is 0 Å². The number of rotatable bonds is 3. The Morgan fingerprint density at radius 1 is 1.37 bits per heavy atom. The monoisotopic (exact) mass is 273 g/mol. The molecular formula is C15H19N3S. The molecule has 1 atom stereocenters. The molecule has 0 bridgehead atoms. The molecule has 0 saturated carbocycles. The minimum Gasteiger partial charge on any atom is -0.318 e. The first-order valence-electron chi connectivity index (χ1n) is 6.77. The maximum atomic E-state index is 4.79. The number of thiazole rings is 1. The Bertz CT molecular complexity index is 564. The highest BCUT2D eigenvalue weighted by Gasteiger charge is 2.20. The van der Waals surface area contributed by atoms with Crippen LogP contribution in [0.1, 0.15) is 30.6 Å². The summed E-state index contributed by atoms with van der Waals surface area (Å²) < 4.78 is 0. The van der Waals surface area contributed by atoms with Crippen LogP contribution in [0, 0.1) is 0 Å². The Hall–Kier alpha value is -1.39. The van der Waals surface area contributed by atoms with Crippen LogP contribution >= 0.6 is 11.3 Å². The number of aryl methyl sites for hydroxylation is 1. The molecule has 100 valence electrons. The molecule has 0 radical (unpaired) electrons. The van der Waals surface area contributed by atoms with Crippen LogP contribution in [-0.2, 0) is 6.42 Å². The van der Waals surface area contributed by atoms with Crippen molar-refractivity contribution in [2.24, 2.45) is 0 Å². The zero-order valence-corrected chi connectivity index (χ0v) is 12.2. The van der Waals surface area contributed by atoms with Crippen molar-refractivity contribution in [3.05, 3.63) is 40.9 Å². The number of anilines is 2. The second-order valence-electron chi connectivity index (χ2n) is 4.95. The summed E-state index contributed by atoms with van der Waals surface area (Å²) in [5.74, 6) is 0. The molecule has 2 heterocycles. The van der Waals surface area contributed by atoms with Crippen LogP contribution in [0.5, 0.6) is 0 Å². The van der Waals surface area contributed by atoms with Gasteiger partial charge in [0.1, 0.15) is 0 Å². The summed E-state index contributed by atoms with van der Waals surface area (Å²) in [5.41, 5.74) is 3.89. The number of hydrogen-bond acceptors (Lipinski definition) is 4. The Morgan fingerprint density at radius 3 is 3.05 bits per heavy atom. The van der Waals surface area contributed by atoms with Gasteiger partial charge in [0.2, 0.25) is 0 Å². The van der Waals surface area contributed by atoms with E-state index in [0.29, 0.717) is 6.04 Å². The number of fused-ring (bicyclic) bond motifs is 1. The second kappa shape index (κ2) is 5.31. The Labute approximate surface area is 118 Å². The highest BCUT2D eigenvalue weighted by Crippen LogP contribution is 2.35. The lowest BCUT2D eigenvalue weighted by Gasteiger charge is -2.29. The molecule has 1 aromatic carbocycles. The molecule has 0 aliphatic carbocycles. The minimum absolute atomic E-state index is 0.310. The molecule has 3 rings (SSSR count). The molecule has 0 fully saturated rings. The SMILES string of the molecule is CNC(C)c1csc(N2CCCc3ccccc32)n1. The van der Waals surface area contributed by atoms with Crippen molar-refractivity contribution in [3.8, 4) is 0 Å². The molecule has 1 N–H and O–H groups in total. The van der Waals surface area contributed by atoms with Crippen LogP contribution < -0.4 is 10.2 Å². The molecular weight excluding hydrogens is 254 g/mol. The van der Waals surface area contributed by atoms with E-state index in [1.165, 1.54) is 24.1 Å². The molecule has 4 heteroatoms. The van der Waals surface area contributed by atoms with E-state index in [9.17, 15) is 0 Å². The number of hydrogen-bond donors (Lipinski definition) is 1. The van der Waals surface area contributed by atoms with Gasteiger partial charge in [-0.1, -0.05) is 18.2 Å².